The molecule has 4 heteroatoms. The third-order valence-corrected chi connectivity index (χ3v) is 2.82. The van der Waals surface area contributed by atoms with Crippen LogP contribution in [0.2, 0.25) is 0 Å². The summed E-state index contributed by atoms with van der Waals surface area (Å²) in [6, 6.07) is 0. The Hall–Kier alpha value is -1.16. The van der Waals surface area contributed by atoms with Crippen molar-refractivity contribution in [1.29, 1.82) is 0 Å². The summed E-state index contributed by atoms with van der Waals surface area (Å²) in [5, 5.41) is 0.975. The van der Waals surface area contributed by atoms with Crippen LogP contribution in [0.4, 0.5) is 5.69 Å². The number of thiophene rings is 1. The molecule has 62 valence electrons. The van der Waals surface area contributed by atoms with Crippen LogP contribution in [-0.2, 0) is 0 Å². The number of fused-ring (bicyclic) bond motifs is 1. The largest absolute Gasteiger partial charge is 0.397 e. The third-order valence-electron chi connectivity index (χ3n) is 1.79. The van der Waals surface area contributed by atoms with E-state index in [4.69, 9.17) is 5.73 Å². The lowest BCUT2D eigenvalue weighted by molar-refractivity contribution is 1.10. The highest BCUT2D eigenvalue weighted by Crippen LogP contribution is 2.30. The highest BCUT2D eigenvalue weighted by atomic mass is 32.1. The minimum Gasteiger partial charge on any atom is -0.397 e. The smallest absolute Gasteiger partial charge is 0.129 e. The van der Waals surface area contributed by atoms with Crippen molar-refractivity contribution >= 4 is 27.2 Å². The maximum atomic E-state index is 5.82. The molecule has 0 atom stereocenters. The zero-order valence-corrected chi connectivity index (χ0v) is 7.77. The van der Waals surface area contributed by atoms with Crippen molar-refractivity contribution in [2.24, 2.45) is 0 Å². The summed E-state index contributed by atoms with van der Waals surface area (Å²) in [6.45, 7) is 3.88. The van der Waals surface area contributed by atoms with Crippen molar-refractivity contribution in [3.63, 3.8) is 0 Å². The molecule has 0 saturated heterocycles. The Morgan fingerprint density at radius 2 is 2.17 bits per heavy atom. The number of hydrogen-bond donors (Lipinski definition) is 1. The summed E-state index contributed by atoms with van der Waals surface area (Å²) in [5.74, 6) is 0.795. The molecule has 0 unspecified atom stereocenters. The van der Waals surface area contributed by atoms with Gasteiger partial charge < -0.3 is 5.73 Å². The van der Waals surface area contributed by atoms with E-state index in [2.05, 4.69) is 9.97 Å². The number of nitrogens with two attached hydrogens (primary N) is 1. The molecule has 2 N–H and O–H groups in total. The van der Waals surface area contributed by atoms with Crippen LogP contribution in [0.15, 0.2) is 6.20 Å². The quantitative estimate of drug-likeness (QED) is 0.672. The molecule has 0 radical (unpaired) electrons. The second-order valence-corrected chi connectivity index (χ2v) is 3.91. The molecule has 0 aliphatic carbocycles. The topological polar surface area (TPSA) is 51.8 Å². The van der Waals surface area contributed by atoms with Gasteiger partial charge in [-0.1, -0.05) is 0 Å². The van der Waals surface area contributed by atoms with Crippen LogP contribution in [0, 0.1) is 13.8 Å². The molecule has 2 aromatic rings. The molecule has 0 fully saturated rings. The molecular formula is C8H9N3S. The van der Waals surface area contributed by atoms with Crippen LogP contribution in [-0.4, -0.2) is 9.97 Å². The standard InChI is InChI=1S/C8H9N3S/c1-4-7(9)6-3-10-5(2)11-8(6)12-4/h3H,9H2,1-2H3. The summed E-state index contributed by atoms with van der Waals surface area (Å²) < 4.78 is 0. The van der Waals surface area contributed by atoms with E-state index in [0.29, 0.717) is 0 Å². The van der Waals surface area contributed by atoms with E-state index < -0.39 is 0 Å². The number of nitrogen functional groups attached to an aromatic ring is 1. The van der Waals surface area contributed by atoms with Gasteiger partial charge in [0.05, 0.1) is 11.1 Å². The maximum Gasteiger partial charge on any atom is 0.129 e. The average molecular weight is 179 g/mol. The monoisotopic (exact) mass is 179 g/mol. The fraction of sp³-hybridized carbons (Fsp3) is 0.250. The Labute approximate surface area is 74.3 Å². The number of aryl methyl sites for hydroxylation is 2. The lowest BCUT2D eigenvalue weighted by Crippen LogP contribution is -1.87. The van der Waals surface area contributed by atoms with Crippen LogP contribution in [0.5, 0.6) is 0 Å². The second-order valence-electron chi connectivity index (χ2n) is 2.71. The van der Waals surface area contributed by atoms with E-state index in [1.807, 2.05) is 13.8 Å². The van der Waals surface area contributed by atoms with Crippen LogP contribution in [0.1, 0.15) is 10.7 Å². The van der Waals surface area contributed by atoms with Gasteiger partial charge >= 0.3 is 0 Å². The highest BCUT2D eigenvalue weighted by Gasteiger charge is 2.06. The Kier molecular flexibility index (Phi) is 1.51. The van der Waals surface area contributed by atoms with Crippen molar-refractivity contribution in [2.45, 2.75) is 13.8 Å². The number of anilines is 1. The molecule has 2 heterocycles. The molecule has 0 aliphatic heterocycles. The summed E-state index contributed by atoms with van der Waals surface area (Å²) >= 11 is 1.62. The first-order chi connectivity index (χ1) is 5.68. The molecule has 0 spiro atoms. The lowest BCUT2D eigenvalue weighted by Gasteiger charge is -1.91. The summed E-state index contributed by atoms with van der Waals surface area (Å²) in [4.78, 5) is 10.5. The third kappa shape index (κ3) is 0.956. The Morgan fingerprint density at radius 1 is 1.42 bits per heavy atom. The van der Waals surface area contributed by atoms with Gasteiger partial charge in [-0.05, 0) is 13.8 Å². The van der Waals surface area contributed by atoms with Crippen molar-refractivity contribution in [3.8, 4) is 0 Å². The summed E-state index contributed by atoms with van der Waals surface area (Å²) in [7, 11) is 0. The molecule has 0 bridgehead atoms. The van der Waals surface area contributed by atoms with Gasteiger partial charge in [-0.25, -0.2) is 9.97 Å². The van der Waals surface area contributed by atoms with Gasteiger partial charge in [0, 0.05) is 11.1 Å². The normalized spacial score (nSPS) is 10.8. The average Bonchev–Trinajstić information content (AvgIpc) is 2.28. The molecule has 0 aromatic carbocycles. The number of aromatic nitrogens is 2. The van der Waals surface area contributed by atoms with E-state index in [0.717, 1.165) is 26.6 Å². The van der Waals surface area contributed by atoms with Crippen molar-refractivity contribution < 1.29 is 0 Å². The van der Waals surface area contributed by atoms with Crippen LogP contribution < -0.4 is 5.73 Å². The van der Waals surface area contributed by atoms with Crippen LogP contribution in [0.3, 0.4) is 0 Å². The van der Waals surface area contributed by atoms with Gasteiger partial charge in [0.25, 0.3) is 0 Å². The van der Waals surface area contributed by atoms with Gasteiger partial charge in [0.15, 0.2) is 0 Å². The minimum absolute atomic E-state index is 0.795. The van der Waals surface area contributed by atoms with Crippen LogP contribution >= 0.6 is 11.3 Å². The van der Waals surface area contributed by atoms with Gasteiger partial charge in [0.1, 0.15) is 10.7 Å². The fourth-order valence-corrected chi connectivity index (χ4v) is 2.06. The van der Waals surface area contributed by atoms with Crippen molar-refractivity contribution in [1.82, 2.24) is 9.97 Å². The maximum absolute atomic E-state index is 5.82. The first-order valence-electron chi connectivity index (χ1n) is 3.66. The first-order valence-corrected chi connectivity index (χ1v) is 4.48. The van der Waals surface area contributed by atoms with E-state index in [1.54, 1.807) is 17.5 Å². The number of hydrogen-bond acceptors (Lipinski definition) is 4. The summed E-state index contributed by atoms with van der Waals surface area (Å²) in [6.07, 6.45) is 1.79. The summed E-state index contributed by atoms with van der Waals surface area (Å²) in [5.41, 5.74) is 6.63. The molecular weight excluding hydrogens is 170 g/mol. The molecule has 2 rings (SSSR count). The molecule has 0 saturated carbocycles. The SMILES string of the molecule is Cc1ncc2c(N)c(C)sc2n1. The number of rotatable bonds is 0. The highest BCUT2D eigenvalue weighted by molar-refractivity contribution is 7.19. The fourth-order valence-electron chi connectivity index (χ4n) is 1.10. The van der Waals surface area contributed by atoms with Crippen molar-refractivity contribution in [3.05, 3.63) is 16.9 Å². The molecule has 12 heavy (non-hydrogen) atoms. The molecule has 2 aromatic heterocycles. The minimum atomic E-state index is 0.795. The van der Waals surface area contributed by atoms with E-state index in [-0.39, 0.29) is 0 Å². The van der Waals surface area contributed by atoms with E-state index in [9.17, 15) is 0 Å². The Bertz CT molecular complexity index is 433. The molecule has 0 aliphatic rings. The van der Waals surface area contributed by atoms with E-state index in [1.165, 1.54) is 0 Å². The Balaban J connectivity index is 2.87. The first kappa shape index (κ1) is 7.49. The zero-order chi connectivity index (χ0) is 8.72. The van der Waals surface area contributed by atoms with Gasteiger partial charge in [0.2, 0.25) is 0 Å². The Morgan fingerprint density at radius 3 is 2.92 bits per heavy atom. The molecule has 3 nitrogen and oxygen atoms in total. The second kappa shape index (κ2) is 2.42. The van der Waals surface area contributed by atoms with Gasteiger partial charge in [-0.15, -0.1) is 11.3 Å². The van der Waals surface area contributed by atoms with Gasteiger partial charge in [-0.2, -0.15) is 0 Å². The predicted molar refractivity (Wildman–Crippen MR) is 51.3 cm³/mol. The predicted octanol–water partition coefficient (Wildman–Crippen LogP) is 1.89. The number of nitrogens with zero attached hydrogens (tertiary/aromatic N) is 2. The van der Waals surface area contributed by atoms with Crippen molar-refractivity contribution in [2.75, 3.05) is 5.73 Å². The lowest BCUT2D eigenvalue weighted by atomic mass is 10.3. The molecule has 0 amide bonds. The van der Waals surface area contributed by atoms with E-state index >= 15 is 0 Å². The van der Waals surface area contributed by atoms with Gasteiger partial charge in [-0.3, -0.25) is 0 Å². The zero-order valence-electron chi connectivity index (χ0n) is 6.96. The van der Waals surface area contributed by atoms with Crippen LogP contribution in [0.25, 0.3) is 10.2 Å².